The fourth-order valence-electron chi connectivity index (χ4n) is 2.71. The van der Waals surface area contributed by atoms with Crippen molar-refractivity contribution < 1.29 is 41.7 Å². The second kappa shape index (κ2) is 12.0. The zero-order chi connectivity index (χ0) is 24.4. The molecule has 0 saturated heterocycles. The van der Waals surface area contributed by atoms with E-state index in [9.17, 15) is 22.8 Å². The molecule has 0 radical (unpaired) electrons. The first kappa shape index (κ1) is 25.8. The van der Waals surface area contributed by atoms with Crippen LogP contribution in [0.3, 0.4) is 0 Å². The number of hydrogen-bond donors (Lipinski definition) is 2. The highest BCUT2D eigenvalue weighted by Crippen LogP contribution is 2.28. The largest absolute Gasteiger partial charge is 0.495 e. The van der Waals surface area contributed by atoms with Crippen molar-refractivity contribution in [2.45, 2.75) is 19.1 Å². The van der Waals surface area contributed by atoms with Gasteiger partial charge in [-0.2, -0.15) is 13.2 Å². The Bertz CT molecular complexity index is 952. The summed E-state index contributed by atoms with van der Waals surface area (Å²) in [4.78, 5) is 24.6. The summed E-state index contributed by atoms with van der Waals surface area (Å²) in [6.45, 7) is -0.501. The van der Waals surface area contributed by atoms with Crippen LogP contribution < -0.4 is 24.8 Å². The Morgan fingerprint density at radius 2 is 1.70 bits per heavy atom. The van der Waals surface area contributed by atoms with Crippen molar-refractivity contribution in [2.75, 3.05) is 39.4 Å². The number of carbonyl (C=O) groups excluding carboxylic acids is 2. The predicted molar refractivity (Wildman–Crippen MR) is 114 cm³/mol. The van der Waals surface area contributed by atoms with Crippen molar-refractivity contribution >= 4 is 17.5 Å². The smallest absolute Gasteiger partial charge is 0.411 e. The normalized spacial score (nSPS) is 11.9. The van der Waals surface area contributed by atoms with Crippen LogP contribution in [0, 0.1) is 0 Å². The van der Waals surface area contributed by atoms with Gasteiger partial charge in [0.1, 0.15) is 12.4 Å². The van der Waals surface area contributed by atoms with Gasteiger partial charge in [-0.1, -0.05) is 12.1 Å². The van der Waals surface area contributed by atoms with Gasteiger partial charge in [-0.05, 0) is 37.3 Å². The highest BCUT2D eigenvalue weighted by Gasteiger charge is 2.27. The highest BCUT2D eigenvalue weighted by atomic mass is 19.4. The van der Waals surface area contributed by atoms with Crippen molar-refractivity contribution in [2.24, 2.45) is 0 Å². The molecule has 8 nitrogen and oxygen atoms in total. The van der Waals surface area contributed by atoms with Crippen LogP contribution in [0.2, 0.25) is 0 Å². The third-order valence-corrected chi connectivity index (χ3v) is 4.18. The van der Waals surface area contributed by atoms with E-state index in [1.54, 1.807) is 24.3 Å². The molecule has 11 heteroatoms. The van der Waals surface area contributed by atoms with Gasteiger partial charge in [0.15, 0.2) is 18.1 Å². The van der Waals surface area contributed by atoms with E-state index < -0.39 is 30.6 Å². The first-order valence-electron chi connectivity index (χ1n) is 9.82. The van der Waals surface area contributed by atoms with Crippen LogP contribution in [0.25, 0.3) is 0 Å². The third-order valence-electron chi connectivity index (χ3n) is 4.18. The van der Waals surface area contributed by atoms with E-state index in [1.165, 1.54) is 39.3 Å². The maximum absolute atomic E-state index is 12.4. The van der Waals surface area contributed by atoms with E-state index in [1.807, 2.05) is 0 Å². The molecule has 1 unspecified atom stereocenters. The Labute approximate surface area is 189 Å². The lowest BCUT2D eigenvalue weighted by atomic mass is 10.1. The molecular weight excluding hydrogens is 445 g/mol. The van der Waals surface area contributed by atoms with Crippen molar-refractivity contribution in [3.8, 4) is 17.2 Å². The van der Waals surface area contributed by atoms with Gasteiger partial charge in [-0.3, -0.25) is 9.59 Å². The van der Waals surface area contributed by atoms with Gasteiger partial charge < -0.3 is 29.6 Å². The summed E-state index contributed by atoms with van der Waals surface area (Å²) in [5.74, 6) is -0.0377. The van der Waals surface area contributed by atoms with Gasteiger partial charge in [0, 0.05) is 11.6 Å². The number of anilines is 1. The number of hydrogen-bond acceptors (Lipinski definition) is 6. The number of ether oxygens (including phenoxy) is 4. The molecule has 0 fully saturated rings. The maximum Gasteiger partial charge on any atom is 0.411 e. The lowest BCUT2D eigenvalue weighted by Crippen LogP contribution is -2.36. The second-order valence-electron chi connectivity index (χ2n) is 6.91. The van der Waals surface area contributed by atoms with Gasteiger partial charge in [0.05, 0.1) is 26.5 Å². The number of amides is 2. The molecule has 2 rings (SSSR count). The first-order chi connectivity index (χ1) is 15.6. The van der Waals surface area contributed by atoms with Crippen molar-refractivity contribution in [3.63, 3.8) is 0 Å². The molecule has 180 valence electrons. The van der Waals surface area contributed by atoms with Gasteiger partial charge in [0.2, 0.25) is 0 Å². The average molecular weight is 470 g/mol. The lowest BCUT2D eigenvalue weighted by molar-refractivity contribution is -0.174. The number of halogens is 3. The van der Waals surface area contributed by atoms with E-state index in [0.29, 0.717) is 11.4 Å². The maximum atomic E-state index is 12.4. The Balaban J connectivity index is 1.93. The fourth-order valence-corrected chi connectivity index (χ4v) is 2.71. The van der Waals surface area contributed by atoms with Crippen molar-refractivity contribution in [1.29, 1.82) is 0 Å². The molecule has 0 saturated carbocycles. The molecular formula is C22H25F3N2O6. The molecule has 2 amide bonds. The zero-order valence-corrected chi connectivity index (χ0v) is 18.3. The number of nitrogens with one attached hydrogen (secondary N) is 2. The summed E-state index contributed by atoms with van der Waals surface area (Å²) < 4.78 is 56.9. The molecule has 0 bridgehead atoms. The Morgan fingerprint density at radius 3 is 2.36 bits per heavy atom. The topological polar surface area (TPSA) is 95.1 Å². The van der Waals surface area contributed by atoms with Crippen LogP contribution >= 0.6 is 0 Å². The number of alkyl halides is 3. The standard InChI is InChI=1S/C22H25F3N2O6/c1-14(11-32-13-22(23,24)25)26-21(29)15-8-9-18(19(10-15)31-3)33-12-20(28)27-16-6-4-5-7-17(16)30-2/h4-10,14H,11-13H2,1-3H3,(H,26,29)(H,27,28). The molecule has 2 aromatic carbocycles. The van der Waals surface area contributed by atoms with Crippen LogP contribution in [0.5, 0.6) is 17.2 Å². The SMILES string of the molecule is COc1ccccc1NC(=O)COc1ccc(C(=O)NC(C)COCC(F)(F)F)cc1OC. The van der Waals surface area contributed by atoms with Crippen LogP contribution in [0.15, 0.2) is 42.5 Å². The number of carbonyl (C=O) groups is 2. The summed E-state index contributed by atoms with van der Waals surface area (Å²) in [7, 11) is 2.85. The van der Waals surface area contributed by atoms with Crippen LogP contribution in [-0.2, 0) is 9.53 Å². The average Bonchev–Trinajstić information content (AvgIpc) is 2.77. The van der Waals surface area contributed by atoms with E-state index in [4.69, 9.17) is 14.2 Å². The molecule has 0 aromatic heterocycles. The van der Waals surface area contributed by atoms with Gasteiger partial charge >= 0.3 is 6.18 Å². The minimum atomic E-state index is -4.43. The molecule has 0 aliphatic rings. The van der Waals surface area contributed by atoms with Crippen LogP contribution in [0.4, 0.5) is 18.9 Å². The van der Waals surface area contributed by atoms with Gasteiger partial charge in [-0.25, -0.2) is 0 Å². The molecule has 0 spiro atoms. The highest BCUT2D eigenvalue weighted by molar-refractivity contribution is 5.95. The van der Waals surface area contributed by atoms with E-state index in [-0.39, 0.29) is 30.3 Å². The van der Waals surface area contributed by atoms with Gasteiger partial charge in [-0.15, -0.1) is 0 Å². The van der Waals surface area contributed by atoms with Crippen molar-refractivity contribution in [3.05, 3.63) is 48.0 Å². The minimum Gasteiger partial charge on any atom is -0.495 e. The molecule has 0 aliphatic heterocycles. The zero-order valence-electron chi connectivity index (χ0n) is 18.3. The fraction of sp³-hybridized carbons (Fsp3) is 0.364. The summed E-state index contributed by atoms with van der Waals surface area (Å²) in [5.41, 5.74) is 0.682. The summed E-state index contributed by atoms with van der Waals surface area (Å²) in [6.07, 6.45) is -4.43. The Morgan fingerprint density at radius 1 is 1.00 bits per heavy atom. The molecule has 2 aromatic rings. The third kappa shape index (κ3) is 8.53. The molecule has 1 atom stereocenters. The molecule has 2 N–H and O–H groups in total. The van der Waals surface area contributed by atoms with E-state index >= 15 is 0 Å². The molecule has 33 heavy (non-hydrogen) atoms. The summed E-state index contributed by atoms with van der Waals surface area (Å²) >= 11 is 0. The molecule has 0 heterocycles. The Kier molecular flexibility index (Phi) is 9.34. The number of rotatable bonds is 11. The van der Waals surface area contributed by atoms with Crippen LogP contribution in [-0.4, -0.2) is 58.1 Å². The minimum absolute atomic E-state index is 0.195. The quantitative estimate of drug-likeness (QED) is 0.523. The summed E-state index contributed by atoms with van der Waals surface area (Å²) in [5, 5.41) is 5.21. The van der Waals surface area contributed by atoms with Gasteiger partial charge in [0.25, 0.3) is 11.8 Å². The monoisotopic (exact) mass is 470 g/mol. The molecule has 0 aliphatic carbocycles. The first-order valence-corrected chi connectivity index (χ1v) is 9.82. The van der Waals surface area contributed by atoms with Crippen LogP contribution in [0.1, 0.15) is 17.3 Å². The van der Waals surface area contributed by atoms with E-state index in [2.05, 4.69) is 15.4 Å². The predicted octanol–water partition coefficient (Wildman–Crippen LogP) is 3.42. The Hall–Kier alpha value is -3.47. The summed E-state index contributed by atoms with van der Waals surface area (Å²) in [6, 6.07) is 10.5. The number of methoxy groups -OCH3 is 2. The number of benzene rings is 2. The lowest BCUT2D eigenvalue weighted by Gasteiger charge is -2.16. The van der Waals surface area contributed by atoms with E-state index in [0.717, 1.165) is 0 Å². The second-order valence-corrected chi connectivity index (χ2v) is 6.91. The van der Waals surface area contributed by atoms with Crippen molar-refractivity contribution in [1.82, 2.24) is 5.32 Å². The number of para-hydroxylation sites is 2.